The average molecular weight is 405 g/mol. The molecule has 2 atom stereocenters. The number of morpholine rings is 1. The first-order valence-corrected chi connectivity index (χ1v) is 9.26. The fourth-order valence-electron chi connectivity index (χ4n) is 2.90. The number of hydrogen-bond acceptors (Lipinski definition) is 6. The van der Waals surface area contributed by atoms with Gasteiger partial charge in [-0.15, -0.1) is 0 Å². The second-order valence-corrected chi connectivity index (χ2v) is 6.76. The maximum Gasteiger partial charge on any atom is 0.303 e. The third-order valence-corrected chi connectivity index (χ3v) is 4.38. The Balaban J connectivity index is 1.64. The van der Waals surface area contributed by atoms with E-state index < -0.39 is 12.1 Å². The van der Waals surface area contributed by atoms with Crippen LogP contribution < -0.4 is 4.74 Å². The summed E-state index contributed by atoms with van der Waals surface area (Å²) in [6, 6.07) is 10.6. The van der Waals surface area contributed by atoms with E-state index in [9.17, 15) is 9.59 Å². The molecule has 1 saturated heterocycles. The SMILES string of the molecule is CC(=O)O[C@@H](C(=O)N1CCOC(COc2cncc(Cl)c2)C1)c1ccccc1. The lowest BCUT2D eigenvalue weighted by atomic mass is 10.1. The molecule has 3 rings (SSSR count). The van der Waals surface area contributed by atoms with Crippen LogP contribution in [0.1, 0.15) is 18.6 Å². The number of carbonyl (C=O) groups excluding carboxylic acids is 2. The Bertz CT molecular complexity index is 817. The van der Waals surface area contributed by atoms with Gasteiger partial charge in [0, 0.05) is 31.3 Å². The number of ether oxygens (including phenoxy) is 3. The van der Waals surface area contributed by atoms with Crippen LogP contribution in [0.15, 0.2) is 48.8 Å². The maximum absolute atomic E-state index is 13.0. The van der Waals surface area contributed by atoms with Gasteiger partial charge in [-0.05, 0) is 0 Å². The summed E-state index contributed by atoms with van der Waals surface area (Å²) in [4.78, 5) is 30.1. The summed E-state index contributed by atoms with van der Waals surface area (Å²) in [5.74, 6) is -0.260. The van der Waals surface area contributed by atoms with E-state index in [1.165, 1.54) is 13.1 Å². The van der Waals surface area contributed by atoms with Crippen LogP contribution in [0.5, 0.6) is 5.75 Å². The third kappa shape index (κ3) is 5.43. The lowest BCUT2D eigenvalue weighted by Crippen LogP contribution is -2.49. The van der Waals surface area contributed by atoms with Crippen molar-refractivity contribution in [2.24, 2.45) is 0 Å². The molecule has 7 nitrogen and oxygen atoms in total. The molecule has 1 amide bonds. The molecule has 1 fully saturated rings. The molecule has 2 heterocycles. The number of esters is 1. The summed E-state index contributed by atoms with van der Waals surface area (Å²) in [5.41, 5.74) is 0.631. The zero-order valence-corrected chi connectivity index (χ0v) is 16.2. The first-order valence-electron chi connectivity index (χ1n) is 8.89. The topological polar surface area (TPSA) is 78.0 Å². The highest BCUT2D eigenvalue weighted by Crippen LogP contribution is 2.22. The first kappa shape index (κ1) is 20.1. The average Bonchev–Trinajstić information content (AvgIpc) is 2.71. The van der Waals surface area contributed by atoms with Gasteiger partial charge in [0.2, 0.25) is 6.10 Å². The highest BCUT2D eigenvalue weighted by atomic mass is 35.5. The van der Waals surface area contributed by atoms with Crippen LogP contribution in [0.2, 0.25) is 5.02 Å². The molecule has 148 valence electrons. The van der Waals surface area contributed by atoms with E-state index in [0.717, 1.165) is 0 Å². The Morgan fingerprint density at radius 2 is 2.11 bits per heavy atom. The molecule has 0 aliphatic carbocycles. The van der Waals surface area contributed by atoms with Crippen LogP contribution in [0.25, 0.3) is 0 Å². The zero-order chi connectivity index (χ0) is 19.9. The van der Waals surface area contributed by atoms with Crippen molar-refractivity contribution in [3.63, 3.8) is 0 Å². The second-order valence-electron chi connectivity index (χ2n) is 6.33. The quantitative estimate of drug-likeness (QED) is 0.689. The van der Waals surface area contributed by atoms with Crippen molar-refractivity contribution in [1.29, 1.82) is 0 Å². The third-order valence-electron chi connectivity index (χ3n) is 4.18. The van der Waals surface area contributed by atoms with Gasteiger partial charge in [-0.2, -0.15) is 0 Å². The van der Waals surface area contributed by atoms with Crippen LogP contribution in [-0.2, 0) is 19.1 Å². The van der Waals surface area contributed by atoms with Gasteiger partial charge in [-0.1, -0.05) is 41.9 Å². The van der Waals surface area contributed by atoms with Crippen molar-refractivity contribution in [2.45, 2.75) is 19.1 Å². The first-order chi connectivity index (χ1) is 13.5. The van der Waals surface area contributed by atoms with Gasteiger partial charge >= 0.3 is 5.97 Å². The summed E-state index contributed by atoms with van der Waals surface area (Å²) in [7, 11) is 0. The minimum atomic E-state index is -0.976. The van der Waals surface area contributed by atoms with Gasteiger partial charge in [-0.3, -0.25) is 14.6 Å². The minimum absolute atomic E-state index is 0.245. The molecule has 1 unspecified atom stereocenters. The number of amides is 1. The van der Waals surface area contributed by atoms with Crippen molar-refractivity contribution in [2.75, 3.05) is 26.3 Å². The number of carbonyl (C=O) groups is 2. The molecule has 0 N–H and O–H groups in total. The highest BCUT2D eigenvalue weighted by molar-refractivity contribution is 6.30. The van der Waals surface area contributed by atoms with Crippen molar-refractivity contribution < 1.29 is 23.8 Å². The molecular weight excluding hydrogens is 384 g/mol. The van der Waals surface area contributed by atoms with E-state index in [4.69, 9.17) is 25.8 Å². The Kier molecular flexibility index (Phi) is 6.84. The summed E-state index contributed by atoms with van der Waals surface area (Å²) in [6.07, 6.45) is 1.79. The fourth-order valence-corrected chi connectivity index (χ4v) is 3.07. The number of halogens is 1. The van der Waals surface area contributed by atoms with E-state index in [2.05, 4.69) is 4.98 Å². The molecule has 1 aromatic carbocycles. The van der Waals surface area contributed by atoms with Crippen molar-refractivity contribution >= 4 is 23.5 Å². The fraction of sp³-hybridized carbons (Fsp3) is 0.350. The normalized spacial score (nSPS) is 17.6. The van der Waals surface area contributed by atoms with Gasteiger partial charge < -0.3 is 19.1 Å². The van der Waals surface area contributed by atoms with Crippen LogP contribution in [0.4, 0.5) is 0 Å². The predicted octanol–water partition coefficient (Wildman–Crippen LogP) is 2.65. The molecule has 1 aliphatic heterocycles. The Morgan fingerprint density at radius 3 is 2.82 bits per heavy atom. The molecule has 0 radical (unpaired) electrons. The van der Waals surface area contributed by atoms with Crippen molar-refractivity contribution in [1.82, 2.24) is 9.88 Å². The van der Waals surface area contributed by atoms with E-state index in [1.807, 2.05) is 6.07 Å². The van der Waals surface area contributed by atoms with Gasteiger partial charge in [0.1, 0.15) is 18.5 Å². The second kappa shape index (κ2) is 9.52. The molecule has 0 bridgehead atoms. The van der Waals surface area contributed by atoms with E-state index in [1.54, 1.807) is 41.4 Å². The van der Waals surface area contributed by atoms with Crippen LogP contribution in [0.3, 0.4) is 0 Å². The van der Waals surface area contributed by atoms with Crippen LogP contribution in [-0.4, -0.2) is 54.2 Å². The van der Waals surface area contributed by atoms with Crippen molar-refractivity contribution in [3.8, 4) is 5.75 Å². The lowest BCUT2D eigenvalue weighted by Gasteiger charge is -2.34. The number of rotatable bonds is 6. The molecule has 28 heavy (non-hydrogen) atoms. The van der Waals surface area contributed by atoms with E-state index in [-0.39, 0.29) is 18.6 Å². The highest BCUT2D eigenvalue weighted by Gasteiger charge is 2.32. The predicted molar refractivity (Wildman–Crippen MR) is 102 cm³/mol. The molecule has 1 aliphatic rings. The molecule has 0 spiro atoms. The Morgan fingerprint density at radius 1 is 1.32 bits per heavy atom. The Hall–Kier alpha value is -2.64. The summed E-state index contributed by atoms with van der Waals surface area (Å²) < 4.78 is 16.7. The lowest BCUT2D eigenvalue weighted by molar-refractivity contribution is -0.163. The van der Waals surface area contributed by atoms with E-state index in [0.29, 0.717) is 36.0 Å². The van der Waals surface area contributed by atoms with Gasteiger partial charge in [0.05, 0.1) is 24.4 Å². The van der Waals surface area contributed by atoms with Gasteiger partial charge in [-0.25, -0.2) is 0 Å². The number of aromatic nitrogens is 1. The van der Waals surface area contributed by atoms with Crippen LogP contribution in [0, 0.1) is 0 Å². The molecule has 8 heteroatoms. The van der Waals surface area contributed by atoms with Crippen molar-refractivity contribution in [3.05, 3.63) is 59.4 Å². The smallest absolute Gasteiger partial charge is 0.303 e. The summed E-state index contributed by atoms with van der Waals surface area (Å²) >= 11 is 5.90. The minimum Gasteiger partial charge on any atom is -0.489 e. The maximum atomic E-state index is 13.0. The molecule has 1 aromatic heterocycles. The van der Waals surface area contributed by atoms with Gasteiger partial charge in [0.15, 0.2) is 0 Å². The summed E-state index contributed by atoms with van der Waals surface area (Å²) in [6.45, 7) is 2.65. The summed E-state index contributed by atoms with van der Waals surface area (Å²) in [5, 5.41) is 0.478. The molecular formula is C20H21ClN2O5. The van der Waals surface area contributed by atoms with Crippen LogP contribution >= 0.6 is 11.6 Å². The zero-order valence-electron chi connectivity index (χ0n) is 15.4. The van der Waals surface area contributed by atoms with Gasteiger partial charge in [0.25, 0.3) is 5.91 Å². The Labute approximate surface area is 168 Å². The largest absolute Gasteiger partial charge is 0.489 e. The number of nitrogens with zero attached hydrogens (tertiary/aromatic N) is 2. The number of benzene rings is 1. The standard InChI is InChI=1S/C20H21ClN2O5/c1-14(24)28-19(15-5-3-2-4-6-15)20(25)23-7-8-26-18(12-23)13-27-17-9-16(21)10-22-11-17/h2-6,9-11,18-19H,7-8,12-13H2,1H3/t18?,19-/m1/s1. The molecule has 0 saturated carbocycles. The number of hydrogen-bond donors (Lipinski definition) is 0. The monoisotopic (exact) mass is 404 g/mol. The number of pyridine rings is 1. The molecule has 2 aromatic rings. The van der Waals surface area contributed by atoms with E-state index >= 15 is 0 Å².